The van der Waals surface area contributed by atoms with E-state index in [9.17, 15) is 0 Å². The van der Waals surface area contributed by atoms with Crippen molar-refractivity contribution >= 4 is 61.6 Å². The van der Waals surface area contributed by atoms with Crippen molar-refractivity contribution in [1.82, 2.24) is 0 Å². The maximum absolute atomic E-state index is 5.14. The molecule has 0 aromatic heterocycles. The Bertz CT molecular complexity index is 207. The molecular weight excluding hydrogens is 149 g/mol. The van der Waals surface area contributed by atoms with Crippen LogP contribution in [0.3, 0.4) is 0 Å². The first-order valence-corrected chi connectivity index (χ1v) is 4.64. The molecule has 0 aliphatic carbocycles. The molecule has 0 N–H and O–H groups in total. The Balaban J connectivity index is 3.45. The summed E-state index contributed by atoms with van der Waals surface area (Å²) in [5.74, 6) is 0. The summed E-state index contributed by atoms with van der Waals surface area (Å²) in [5, 5.41) is 0. The van der Waals surface area contributed by atoms with Gasteiger partial charge in [0.1, 0.15) is 0 Å². The van der Waals surface area contributed by atoms with Crippen LogP contribution < -0.4 is 0 Å². The summed E-state index contributed by atoms with van der Waals surface area (Å²) in [6.07, 6.45) is 1.05. The molecule has 10 heteroatoms. The molecule has 0 heterocycles. The molecule has 54 valence electrons. The predicted molar refractivity (Wildman–Crippen MR) is 70.8 cm³/mol. The van der Waals surface area contributed by atoms with Crippen LogP contribution >= 0.6 is 0 Å². The van der Waals surface area contributed by atoms with E-state index >= 15 is 0 Å². The first kappa shape index (κ1) is 13.4. The molecule has 0 bridgehead atoms. The summed E-state index contributed by atoms with van der Waals surface area (Å²) in [6.45, 7) is 16.6. The molecule has 0 rings (SSSR count). The number of hydrogen-bond donors (Lipinski definition) is 0. The molecule has 13 heavy (non-hydrogen) atoms. The van der Waals surface area contributed by atoms with E-state index in [1.807, 2.05) is 54.6 Å². The van der Waals surface area contributed by atoms with Crippen molar-refractivity contribution in [2.24, 2.45) is 0 Å². The van der Waals surface area contributed by atoms with Gasteiger partial charge < -0.3 is 0 Å². The summed E-state index contributed by atoms with van der Waals surface area (Å²) in [4.78, 5) is 0. The third-order valence-electron chi connectivity index (χ3n) is 1.24. The zero-order chi connectivity index (χ0) is 9.78. The molecule has 0 fully saturated rings. The van der Waals surface area contributed by atoms with Gasteiger partial charge in [0.2, 0.25) is 0 Å². The second-order valence-electron chi connectivity index (χ2n) is 2.49. The van der Waals surface area contributed by atoms with E-state index in [1.54, 1.807) is 7.00 Å². The Labute approximate surface area is 86.6 Å². The third kappa shape index (κ3) is 12.4. The van der Waals surface area contributed by atoms with Gasteiger partial charge in [-0.05, 0) is 0 Å². The average molecular weight is 158 g/mol. The van der Waals surface area contributed by atoms with Crippen LogP contribution in [0, 0.1) is 0 Å². The monoisotopic (exact) mass is 160 g/mol. The van der Waals surface area contributed by atoms with Crippen LogP contribution in [0.4, 0.5) is 0 Å². The van der Waals surface area contributed by atoms with Crippen molar-refractivity contribution in [3.8, 4) is 0 Å². The molecule has 0 saturated carbocycles. The molecule has 1 nitrogen and oxygen atoms in total. The second kappa shape index (κ2) is 12.4. The topological polar surface area (TPSA) is 9.23 Å². The predicted octanol–water partition coefficient (Wildman–Crippen LogP) is -3.09. The normalized spacial score (nSPS) is 7.77. The van der Waals surface area contributed by atoms with E-state index in [2.05, 4.69) is 6.92 Å². The van der Waals surface area contributed by atoms with Gasteiger partial charge >= 0.3 is 86.2 Å². The second-order valence-corrected chi connectivity index (χ2v) is 2.49. The van der Waals surface area contributed by atoms with Crippen LogP contribution in [0.1, 0.15) is 13.3 Å². The van der Waals surface area contributed by atoms with Gasteiger partial charge in [-0.3, -0.25) is 0 Å². The first-order chi connectivity index (χ1) is 6.41. The molecule has 0 amide bonds. The summed E-state index contributed by atoms with van der Waals surface area (Å²) >= 11 is 0. The van der Waals surface area contributed by atoms with Crippen molar-refractivity contribution in [2.45, 2.75) is 13.3 Å². The molecular formula is C3H9B9O. The molecule has 0 unspecified atom stereocenters. The van der Waals surface area contributed by atoms with E-state index in [0.717, 1.165) is 13.0 Å². The Morgan fingerprint density at radius 1 is 1.00 bits per heavy atom. The van der Waals surface area contributed by atoms with E-state index < -0.39 is 0 Å². The van der Waals surface area contributed by atoms with E-state index in [1.165, 1.54) is 0 Å². The van der Waals surface area contributed by atoms with Crippen molar-refractivity contribution in [1.29, 1.82) is 0 Å². The summed E-state index contributed by atoms with van der Waals surface area (Å²) in [5.41, 5.74) is 0. The van der Waals surface area contributed by atoms with Crippen molar-refractivity contribution in [3.05, 3.63) is 0 Å². The Kier molecular flexibility index (Phi) is 12.8. The summed E-state index contributed by atoms with van der Waals surface area (Å²) in [6, 6.07) is 0. The minimum atomic E-state index is 0.790. The average Bonchev–Trinajstić information content (AvgIpc) is 2.16. The molecule has 0 radical (unpaired) electrons. The first-order valence-electron chi connectivity index (χ1n) is 4.64. The van der Waals surface area contributed by atoms with Crippen LogP contribution in [-0.4, -0.2) is 68.2 Å². The SMILES string of the molecule is BB=BB=BB=BB=BOCCC. The van der Waals surface area contributed by atoms with Crippen molar-refractivity contribution in [3.63, 3.8) is 0 Å². The van der Waals surface area contributed by atoms with Gasteiger partial charge in [0.25, 0.3) is 0 Å². The van der Waals surface area contributed by atoms with Gasteiger partial charge in [0, 0.05) is 0 Å². The van der Waals surface area contributed by atoms with Gasteiger partial charge in [-0.15, -0.1) is 0 Å². The zero-order valence-electron chi connectivity index (χ0n) is 8.44. The standard InChI is InChI=1S/C3H9B9O/c1-2-3-13-12-11-10-9-8-7-6-5-4/h2-4H2,1H3. The van der Waals surface area contributed by atoms with Crippen molar-refractivity contribution < 1.29 is 4.65 Å². The molecule has 0 aromatic carbocycles. The van der Waals surface area contributed by atoms with Gasteiger partial charge in [-0.1, -0.05) is 0 Å². The third-order valence-corrected chi connectivity index (χ3v) is 1.24. The molecule has 0 aromatic rings. The number of rotatable bonds is 6. The molecule has 0 aliphatic rings. The Morgan fingerprint density at radius 3 is 2.23 bits per heavy atom. The molecule has 0 spiro atoms. The quantitative estimate of drug-likeness (QED) is 0.294. The van der Waals surface area contributed by atoms with E-state index in [4.69, 9.17) is 4.65 Å². The van der Waals surface area contributed by atoms with Gasteiger partial charge in [0.15, 0.2) is 0 Å². The minimum absolute atomic E-state index is 0.790. The van der Waals surface area contributed by atoms with Crippen LogP contribution in [0.25, 0.3) is 0 Å². The van der Waals surface area contributed by atoms with Crippen molar-refractivity contribution in [2.75, 3.05) is 6.61 Å². The van der Waals surface area contributed by atoms with Gasteiger partial charge in [0.05, 0.1) is 0 Å². The zero-order valence-corrected chi connectivity index (χ0v) is 8.44. The molecule has 0 saturated heterocycles. The van der Waals surface area contributed by atoms with Gasteiger partial charge in [-0.25, -0.2) is 0 Å². The maximum atomic E-state index is 5.14. The fraction of sp³-hybridized carbons (Fsp3) is 1.00. The summed E-state index contributed by atoms with van der Waals surface area (Å²) in [7, 11) is 3.70. The fourth-order valence-electron chi connectivity index (χ4n) is 0.655. The van der Waals surface area contributed by atoms with Crippen LogP contribution in [0.2, 0.25) is 0 Å². The van der Waals surface area contributed by atoms with E-state index in [0.29, 0.717) is 0 Å². The number of hydrogen-bond acceptors (Lipinski definition) is 1. The van der Waals surface area contributed by atoms with Crippen LogP contribution in [0.15, 0.2) is 0 Å². The summed E-state index contributed by atoms with van der Waals surface area (Å²) < 4.78 is 5.14. The van der Waals surface area contributed by atoms with Crippen LogP contribution in [0.5, 0.6) is 0 Å². The fourth-order valence-corrected chi connectivity index (χ4v) is 0.655. The Hall–Kier alpha value is 0.384. The molecule has 0 atom stereocenters. The molecule has 0 aliphatic heterocycles. The van der Waals surface area contributed by atoms with Crippen LogP contribution in [-0.2, 0) is 4.65 Å². The Morgan fingerprint density at radius 2 is 1.62 bits per heavy atom. The van der Waals surface area contributed by atoms with Gasteiger partial charge in [-0.2, -0.15) is 0 Å². The van der Waals surface area contributed by atoms with E-state index in [-0.39, 0.29) is 0 Å².